The summed E-state index contributed by atoms with van der Waals surface area (Å²) in [6.07, 6.45) is 0. The Morgan fingerprint density at radius 2 is 1.86 bits per heavy atom. The molecule has 1 aromatic heterocycles. The summed E-state index contributed by atoms with van der Waals surface area (Å²) < 4.78 is 24.5. The number of aromatic nitrogens is 2. The van der Waals surface area contributed by atoms with Gasteiger partial charge in [-0.25, -0.2) is 4.39 Å². The van der Waals surface area contributed by atoms with Gasteiger partial charge in [-0.05, 0) is 35.9 Å². The van der Waals surface area contributed by atoms with E-state index in [0.29, 0.717) is 44.9 Å². The van der Waals surface area contributed by atoms with Gasteiger partial charge in [-0.15, -0.1) is 0 Å². The van der Waals surface area contributed by atoms with E-state index in [1.54, 1.807) is 61.7 Å². The number of carbonyl (C=O) groups excluding carboxylic acids is 1. The number of H-pyrrole nitrogens is 1. The summed E-state index contributed by atoms with van der Waals surface area (Å²) in [6, 6.07) is 16.9. The molecule has 0 saturated heterocycles. The normalized spacial score (nSPS) is 10.7. The van der Waals surface area contributed by atoms with E-state index in [9.17, 15) is 9.18 Å². The maximum atomic E-state index is 14.1. The minimum Gasteiger partial charge on any atom is -0.497 e. The van der Waals surface area contributed by atoms with Crippen molar-refractivity contribution in [2.24, 2.45) is 0 Å². The Kier molecular flexibility index (Phi) is 4.87. The van der Waals surface area contributed by atoms with Gasteiger partial charge in [0.1, 0.15) is 17.3 Å². The average Bonchev–Trinajstić information content (AvgIpc) is 3.15. The number of amides is 1. The lowest BCUT2D eigenvalue weighted by atomic mass is 10.0. The van der Waals surface area contributed by atoms with Gasteiger partial charge in [-0.2, -0.15) is 5.10 Å². The van der Waals surface area contributed by atoms with Crippen LogP contribution in [0.1, 0.15) is 10.4 Å². The predicted octanol–water partition coefficient (Wildman–Crippen LogP) is 4.64. The molecule has 29 heavy (non-hydrogen) atoms. The molecule has 146 valence electrons. The van der Waals surface area contributed by atoms with Crippen LogP contribution in [0, 0.1) is 5.82 Å². The van der Waals surface area contributed by atoms with Gasteiger partial charge in [0.05, 0.1) is 25.3 Å². The van der Waals surface area contributed by atoms with E-state index in [1.807, 2.05) is 0 Å². The summed E-state index contributed by atoms with van der Waals surface area (Å²) in [7, 11) is 3.03. The Morgan fingerprint density at radius 3 is 2.62 bits per heavy atom. The molecule has 0 radical (unpaired) electrons. The van der Waals surface area contributed by atoms with Gasteiger partial charge in [0.2, 0.25) is 0 Å². The highest BCUT2D eigenvalue weighted by molar-refractivity contribution is 6.09. The van der Waals surface area contributed by atoms with Crippen molar-refractivity contribution in [1.82, 2.24) is 10.2 Å². The number of rotatable bonds is 5. The van der Waals surface area contributed by atoms with E-state index < -0.39 is 0 Å². The molecule has 0 spiro atoms. The predicted molar refractivity (Wildman–Crippen MR) is 109 cm³/mol. The SMILES string of the molecule is COc1ccc(C(=O)Nc2n[nH]c3cc(-c4ccccc4F)ccc23)c(OC)c1. The van der Waals surface area contributed by atoms with Crippen LogP contribution in [0.15, 0.2) is 60.7 Å². The summed E-state index contributed by atoms with van der Waals surface area (Å²) in [5.74, 6) is 0.693. The van der Waals surface area contributed by atoms with Gasteiger partial charge in [-0.3, -0.25) is 9.89 Å². The zero-order valence-electron chi connectivity index (χ0n) is 15.8. The molecule has 0 aliphatic rings. The number of anilines is 1. The van der Waals surface area contributed by atoms with E-state index in [1.165, 1.54) is 13.2 Å². The van der Waals surface area contributed by atoms with E-state index in [2.05, 4.69) is 15.5 Å². The van der Waals surface area contributed by atoms with Gasteiger partial charge >= 0.3 is 0 Å². The van der Waals surface area contributed by atoms with Crippen LogP contribution in [-0.4, -0.2) is 30.3 Å². The molecular formula is C22H18FN3O3. The smallest absolute Gasteiger partial charge is 0.260 e. The van der Waals surface area contributed by atoms with Gasteiger partial charge in [0, 0.05) is 17.0 Å². The average molecular weight is 391 g/mol. The Labute approximate surface area is 166 Å². The number of carbonyl (C=O) groups is 1. The first-order chi connectivity index (χ1) is 14.1. The highest BCUT2D eigenvalue weighted by Gasteiger charge is 2.16. The van der Waals surface area contributed by atoms with Crippen molar-refractivity contribution in [2.75, 3.05) is 19.5 Å². The number of halogens is 1. The first-order valence-electron chi connectivity index (χ1n) is 8.87. The third-order valence-electron chi connectivity index (χ3n) is 4.63. The topological polar surface area (TPSA) is 76.2 Å². The number of benzene rings is 3. The summed E-state index contributed by atoms with van der Waals surface area (Å²) in [6.45, 7) is 0. The quantitative estimate of drug-likeness (QED) is 0.520. The second kappa shape index (κ2) is 7.63. The molecule has 3 aromatic carbocycles. The first kappa shape index (κ1) is 18.5. The first-order valence-corrected chi connectivity index (χ1v) is 8.87. The highest BCUT2D eigenvalue weighted by atomic mass is 19.1. The van der Waals surface area contributed by atoms with Crippen molar-refractivity contribution in [3.05, 3.63) is 72.0 Å². The van der Waals surface area contributed by atoms with Crippen molar-refractivity contribution in [3.63, 3.8) is 0 Å². The van der Waals surface area contributed by atoms with Gasteiger partial charge in [0.15, 0.2) is 5.82 Å². The van der Waals surface area contributed by atoms with Crippen LogP contribution in [-0.2, 0) is 0 Å². The molecule has 2 N–H and O–H groups in total. The van der Waals surface area contributed by atoms with Crippen LogP contribution >= 0.6 is 0 Å². The molecule has 1 heterocycles. The number of ether oxygens (including phenoxy) is 2. The lowest BCUT2D eigenvalue weighted by Crippen LogP contribution is -2.13. The molecule has 0 fully saturated rings. The van der Waals surface area contributed by atoms with Crippen LogP contribution in [0.3, 0.4) is 0 Å². The Hall–Kier alpha value is -3.87. The standard InChI is InChI=1S/C22H18FN3O3/c1-28-14-8-10-17(20(12-14)29-2)22(27)24-21-16-9-7-13(11-19(16)25-26-21)15-5-3-4-6-18(15)23/h3-12H,1-2H3,(H2,24,25,26,27). The lowest BCUT2D eigenvalue weighted by molar-refractivity contribution is 0.102. The maximum absolute atomic E-state index is 14.1. The van der Waals surface area contributed by atoms with E-state index in [0.717, 1.165) is 0 Å². The van der Waals surface area contributed by atoms with Gasteiger partial charge < -0.3 is 14.8 Å². The zero-order chi connectivity index (χ0) is 20.4. The van der Waals surface area contributed by atoms with Gasteiger partial charge in [-0.1, -0.05) is 24.3 Å². The van der Waals surface area contributed by atoms with Crippen molar-refractivity contribution in [1.29, 1.82) is 0 Å². The second-order valence-corrected chi connectivity index (χ2v) is 6.33. The Bertz CT molecular complexity index is 1200. The molecule has 6 nitrogen and oxygen atoms in total. The summed E-state index contributed by atoms with van der Waals surface area (Å²) in [4.78, 5) is 12.7. The molecule has 4 rings (SSSR count). The van der Waals surface area contributed by atoms with E-state index in [4.69, 9.17) is 9.47 Å². The number of hydrogen-bond donors (Lipinski definition) is 2. The van der Waals surface area contributed by atoms with Crippen molar-refractivity contribution >= 4 is 22.6 Å². The minimum atomic E-state index is -0.365. The number of hydrogen-bond acceptors (Lipinski definition) is 4. The Morgan fingerprint density at radius 1 is 1.03 bits per heavy atom. The third-order valence-corrected chi connectivity index (χ3v) is 4.63. The van der Waals surface area contributed by atoms with Crippen molar-refractivity contribution in [3.8, 4) is 22.6 Å². The molecule has 1 amide bonds. The molecule has 0 unspecified atom stereocenters. The number of methoxy groups -OCH3 is 2. The van der Waals surface area contributed by atoms with Crippen molar-refractivity contribution in [2.45, 2.75) is 0 Å². The summed E-state index contributed by atoms with van der Waals surface area (Å²) >= 11 is 0. The van der Waals surface area contributed by atoms with E-state index in [-0.39, 0.29) is 11.7 Å². The number of nitrogens with one attached hydrogen (secondary N) is 2. The summed E-state index contributed by atoms with van der Waals surface area (Å²) in [5.41, 5.74) is 2.25. The molecule has 0 aliphatic heterocycles. The fourth-order valence-electron chi connectivity index (χ4n) is 3.14. The lowest BCUT2D eigenvalue weighted by Gasteiger charge is -2.10. The fourth-order valence-corrected chi connectivity index (χ4v) is 3.14. The molecule has 0 aliphatic carbocycles. The Balaban J connectivity index is 1.64. The molecule has 0 bridgehead atoms. The molecule has 0 atom stereocenters. The summed E-state index contributed by atoms with van der Waals surface area (Å²) in [5, 5.41) is 10.6. The molecule has 7 heteroatoms. The van der Waals surface area contributed by atoms with E-state index >= 15 is 0 Å². The monoisotopic (exact) mass is 391 g/mol. The van der Waals surface area contributed by atoms with Crippen LogP contribution in [0.4, 0.5) is 10.2 Å². The zero-order valence-corrected chi connectivity index (χ0v) is 15.8. The molecule has 4 aromatic rings. The number of nitrogens with zero attached hydrogens (tertiary/aromatic N) is 1. The fraction of sp³-hybridized carbons (Fsp3) is 0.0909. The molecular weight excluding hydrogens is 373 g/mol. The van der Waals surface area contributed by atoms with Crippen LogP contribution in [0.2, 0.25) is 0 Å². The number of aromatic amines is 1. The van der Waals surface area contributed by atoms with Crippen molar-refractivity contribution < 1.29 is 18.7 Å². The van der Waals surface area contributed by atoms with Crippen LogP contribution < -0.4 is 14.8 Å². The van der Waals surface area contributed by atoms with Gasteiger partial charge in [0.25, 0.3) is 5.91 Å². The minimum absolute atomic E-state index is 0.300. The van der Waals surface area contributed by atoms with Crippen LogP contribution in [0.25, 0.3) is 22.0 Å². The highest BCUT2D eigenvalue weighted by Crippen LogP contribution is 2.30. The van der Waals surface area contributed by atoms with Crippen LogP contribution in [0.5, 0.6) is 11.5 Å². The maximum Gasteiger partial charge on any atom is 0.260 e. The third kappa shape index (κ3) is 3.50. The second-order valence-electron chi connectivity index (χ2n) is 6.33. The largest absolute Gasteiger partial charge is 0.497 e. The number of fused-ring (bicyclic) bond motifs is 1. The molecule has 0 saturated carbocycles.